The van der Waals surface area contributed by atoms with E-state index < -0.39 is 11.9 Å². The summed E-state index contributed by atoms with van der Waals surface area (Å²) in [5.74, 6) is 6.67. The number of hydrogen-bond donors (Lipinski definition) is 2. The van der Waals surface area contributed by atoms with Crippen LogP contribution in [0.3, 0.4) is 0 Å². The molecule has 1 unspecified atom stereocenters. The number of aryl methyl sites for hydroxylation is 1. The highest BCUT2D eigenvalue weighted by atomic mass is 16.2. The SMILES string of the molecule is CCC(=O)N1CC(c2c(C#Cc3cccc(N=C(C(C)NC(=O)c4c(N)nn5cccnc45)N(C)c4ccccc4)c3C=O)cnn2C)C1. The first-order valence-corrected chi connectivity index (χ1v) is 15.9. The number of aldehydes is 1. The van der Waals surface area contributed by atoms with Crippen molar-refractivity contribution in [2.24, 2.45) is 12.0 Å². The molecule has 1 aliphatic rings. The Labute approximate surface area is 283 Å². The number of carbonyl (C=O) groups is 3. The number of fused-ring (bicyclic) bond motifs is 1. The molecule has 1 atom stereocenters. The van der Waals surface area contributed by atoms with E-state index in [4.69, 9.17) is 10.7 Å². The highest BCUT2D eigenvalue weighted by Gasteiger charge is 2.34. The van der Waals surface area contributed by atoms with Crippen LogP contribution < -0.4 is 16.0 Å². The number of anilines is 2. The van der Waals surface area contributed by atoms with E-state index in [1.807, 2.05) is 61.2 Å². The molecular weight excluding hydrogens is 620 g/mol. The first kappa shape index (κ1) is 32.6. The fraction of sp³-hybridized carbons (Fsp3) is 0.250. The molecule has 248 valence electrons. The van der Waals surface area contributed by atoms with E-state index in [2.05, 4.69) is 32.3 Å². The van der Waals surface area contributed by atoms with Gasteiger partial charge in [-0.25, -0.2) is 14.5 Å². The van der Waals surface area contributed by atoms with E-state index >= 15 is 0 Å². The lowest BCUT2D eigenvalue weighted by Crippen LogP contribution is -2.49. The number of likely N-dealkylation sites (N-methyl/N-ethyl adjacent to an activating group) is 1. The van der Waals surface area contributed by atoms with Crippen LogP contribution in [0, 0.1) is 11.8 Å². The molecule has 4 heterocycles. The van der Waals surface area contributed by atoms with E-state index in [0.717, 1.165) is 23.2 Å². The molecule has 13 heteroatoms. The molecule has 6 rings (SSSR count). The molecule has 2 aromatic carbocycles. The molecule has 0 bridgehead atoms. The molecule has 3 N–H and O–H groups in total. The molecule has 0 radical (unpaired) electrons. The normalized spacial score (nSPS) is 13.7. The second-order valence-corrected chi connectivity index (χ2v) is 11.7. The van der Waals surface area contributed by atoms with Gasteiger partial charge in [-0.15, -0.1) is 5.10 Å². The third kappa shape index (κ3) is 6.48. The Hall–Kier alpha value is -6.29. The van der Waals surface area contributed by atoms with Crippen molar-refractivity contribution in [3.63, 3.8) is 0 Å². The number of amidine groups is 1. The van der Waals surface area contributed by atoms with Crippen molar-refractivity contribution in [1.29, 1.82) is 0 Å². The minimum absolute atomic E-state index is 0.0497. The minimum Gasteiger partial charge on any atom is -0.381 e. The predicted molar refractivity (Wildman–Crippen MR) is 187 cm³/mol. The fourth-order valence-corrected chi connectivity index (χ4v) is 5.95. The number of para-hydroxylation sites is 1. The van der Waals surface area contributed by atoms with Crippen molar-refractivity contribution in [1.82, 2.24) is 34.6 Å². The third-order valence-electron chi connectivity index (χ3n) is 8.55. The topological polar surface area (TPSA) is 156 Å². The van der Waals surface area contributed by atoms with Crippen molar-refractivity contribution >= 4 is 46.8 Å². The number of nitrogens with one attached hydrogen (secondary N) is 1. The zero-order chi connectivity index (χ0) is 34.7. The number of benzene rings is 2. The second-order valence-electron chi connectivity index (χ2n) is 11.7. The molecule has 3 aromatic heterocycles. The molecular formula is C36H36N10O3. The van der Waals surface area contributed by atoms with Crippen molar-refractivity contribution in [2.45, 2.75) is 32.2 Å². The van der Waals surface area contributed by atoms with Gasteiger partial charge in [0, 0.05) is 63.2 Å². The van der Waals surface area contributed by atoms with Crippen LogP contribution >= 0.6 is 0 Å². The van der Waals surface area contributed by atoms with Crippen LogP contribution in [0.5, 0.6) is 0 Å². The van der Waals surface area contributed by atoms with Gasteiger partial charge in [-0.1, -0.05) is 43.0 Å². The van der Waals surface area contributed by atoms with E-state index in [-0.39, 0.29) is 23.2 Å². The average molecular weight is 657 g/mol. The first-order valence-electron chi connectivity index (χ1n) is 15.9. The minimum atomic E-state index is -0.649. The summed E-state index contributed by atoms with van der Waals surface area (Å²) in [6.45, 7) is 4.90. The lowest BCUT2D eigenvalue weighted by molar-refractivity contribution is -0.135. The Morgan fingerprint density at radius 1 is 1.12 bits per heavy atom. The summed E-state index contributed by atoms with van der Waals surface area (Å²) < 4.78 is 3.24. The molecule has 1 fully saturated rings. The molecule has 0 saturated carbocycles. The fourth-order valence-electron chi connectivity index (χ4n) is 5.95. The average Bonchev–Trinajstić information content (AvgIpc) is 3.63. The van der Waals surface area contributed by atoms with Gasteiger partial charge in [0.05, 0.1) is 34.7 Å². The molecule has 1 saturated heterocycles. The smallest absolute Gasteiger partial charge is 0.259 e. The summed E-state index contributed by atoms with van der Waals surface area (Å²) in [6.07, 6.45) is 6.15. The largest absolute Gasteiger partial charge is 0.381 e. The van der Waals surface area contributed by atoms with Crippen LogP contribution in [-0.2, 0) is 11.8 Å². The molecule has 49 heavy (non-hydrogen) atoms. The number of hydrogen-bond acceptors (Lipinski definition) is 8. The standard InChI is InChI=1S/C36H36N10O3/c1-5-30(48)45-20-26(21-45)32-25(19-39-44(32)4)16-15-24-11-9-14-29(28(24)22-47)41-34(43(3)27-12-7-6-8-13-27)23(2)40-36(49)31-33(37)42-46-18-10-17-38-35(31)46/h6-14,17-19,22-23,26H,5,20-21H2,1-4H3,(H2,37,42)(H,40,49). The maximum absolute atomic E-state index is 13.6. The Balaban J connectivity index is 1.34. The molecule has 13 nitrogen and oxygen atoms in total. The molecule has 2 amide bonds. The van der Waals surface area contributed by atoms with Crippen LogP contribution in [0.2, 0.25) is 0 Å². The number of rotatable bonds is 8. The lowest BCUT2D eigenvalue weighted by atomic mass is 9.93. The van der Waals surface area contributed by atoms with Gasteiger partial charge in [0.15, 0.2) is 17.8 Å². The highest BCUT2D eigenvalue weighted by molar-refractivity contribution is 6.09. The number of aromatic nitrogens is 5. The Kier molecular flexibility index (Phi) is 9.21. The number of likely N-dealkylation sites (tertiary alicyclic amines) is 1. The Morgan fingerprint density at radius 3 is 2.61 bits per heavy atom. The lowest BCUT2D eigenvalue weighted by Gasteiger charge is -2.39. The summed E-state index contributed by atoms with van der Waals surface area (Å²) in [4.78, 5) is 51.2. The molecule has 0 aliphatic carbocycles. The Morgan fingerprint density at radius 2 is 1.88 bits per heavy atom. The summed E-state index contributed by atoms with van der Waals surface area (Å²) in [7, 11) is 3.70. The molecule has 1 aliphatic heterocycles. The van der Waals surface area contributed by atoms with E-state index in [1.54, 1.807) is 54.5 Å². The van der Waals surface area contributed by atoms with Crippen molar-refractivity contribution in [2.75, 3.05) is 30.8 Å². The van der Waals surface area contributed by atoms with Crippen LogP contribution in [-0.4, -0.2) is 79.4 Å². The van der Waals surface area contributed by atoms with Crippen LogP contribution in [0.25, 0.3) is 5.65 Å². The predicted octanol–water partition coefficient (Wildman–Crippen LogP) is 3.58. The summed E-state index contributed by atoms with van der Waals surface area (Å²) in [5, 5.41) is 11.6. The quantitative estimate of drug-likeness (QED) is 0.111. The van der Waals surface area contributed by atoms with Gasteiger partial charge >= 0.3 is 0 Å². The third-order valence-corrected chi connectivity index (χ3v) is 8.55. The van der Waals surface area contributed by atoms with Gasteiger partial charge in [-0.3, -0.25) is 19.1 Å². The molecule has 5 aromatic rings. The maximum Gasteiger partial charge on any atom is 0.259 e. The van der Waals surface area contributed by atoms with Gasteiger partial charge in [-0.05, 0) is 37.3 Å². The van der Waals surface area contributed by atoms with Crippen LogP contribution in [0.4, 0.5) is 17.2 Å². The Bertz CT molecular complexity index is 2130. The summed E-state index contributed by atoms with van der Waals surface area (Å²) in [6, 6.07) is 15.9. The maximum atomic E-state index is 13.6. The van der Waals surface area contributed by atoms with Gasteiger partial charge in [0.2, 0.25) is 5.91 Å². The first-order chi connectivity index (χ1) is 23.7. The van der Waals surface area contributed by atoms with Gasteiger partial charge in [-0.2, -0.15) is 5.10 Å². The molecule has 0 spiro atoms. The van der Waals surface area contributed by atoms with E-state index in [0.29, 0.717) is 47.8 Å². The van der Waals surface area contributed by atoms with Crippen LogP contribution in [0.15, 0.2) is 78.2 Å². The number of carbonyl (C=O) groups excluding carboxylic acids is 3. The number of aliphatic imine (C=N–C) groups is 1. The summed E-state index contributed by atoms with van der Waals surface area (Å²) in [5.41, 5.74) is 10.3. The number of nitrogens with two attached hydrogens (primary N) is 1. The van der Waals surface area contributed by atoms with Crippen molar-refractivity contribution in [3.05, 3.63) is 101 Å². The van der Waals surface area contributed by atoms with E-state index in [9.17, 15) is 14.4 Å². The number of nitrogen functional groups attached to an aromatic ring is 1. The number of amides is 2. The van der Waals surface area contributed by atoms with Crippen molar-refractivity contribution in [3.8, 4) is 11.8 Å². The monoisotopic (exact) mass is 656 g/mol. The highest BCUT2D eigenvalue weighted by Crippen LogP contribution is 2.30. The second kappa shape index (κ2) is 13.8. The van der Waals surface area contributed by atoms with Gasteiger partial charge in [0.1, 0.15) is 11.4 Å². The number of nitrogens with zero attached hydrogens (tertiary/aromatic N) is 8. The van der Waals surface area contributed by atoms with Crippen LogP contribution in [0.1, 0.15) is 63.7 Å². The zero-order valence-electron chi connectivity index (χ0n) is 27.7. The van der Waals surface area contributed by atoms with E-state index in [1.165, 1.54) is 4.52 Å². The zero-order valence-corrected chi connectivity index (χ0v) is 27.7. The van der Waals surface area contributed by atoms with Gasteiger partial charge in [0.25, 0.3) is 5.91 Å². The van der Waals surface area contributed by atoms with Gasteiger partial charge < -0.3 is 20.9 Å². The summed E-state index contributed by atoms with van der Waals surface area (Å²) >= 11 is 0. The van der Waals surface area contributed by atoms with Crippen molar-refractivity contribution < 1.29 is 14.4 Å².